The third kappa shape index (κ3) is 4.56. The predicted octanol–water partition coefficient (Wildman–Crippen LogP) is 3.35. The standard InChI is InChI=1S/C28H34N4O6/c1-16-10-8-12-31-22(17(2)29-27(16)31)24(33)21-23(32(28(35)25(21)34)13-9-11-30(3)4)18-14-19(36-5)26(38-7)20(15-18)37-6/h8,10,12,14-15,23,33H,9,11,13H2,1-7H3/t23-/m0/s1. The fourth-order valence-corrected chi connectivity index (χ4v) is 5.00. The molecule has 3 aromatic rings. The number of rotatable bonds is 9. The van der Waals surface area contributed by atoms with Gasteiger partial charge in [0.25, 0.3) is 11.7 Å². The highest BCUT2D eigenvalue weighted by Gasteiger charge is 2.47. The molecular formula is C28H34N4O6. The largest absolute Gasteiger partial charge is 0.505 e. The average molecular weight is 523 g/mol. The maximum Gasteiger partial charge on any atom is 0.295 e. The topological polar surface area (TPSA) is 106 Å². The molecule has 0 unspecified atom stereocenters. The molecule has 0 saturated carbocycles. The van der Waals surface area contributed by atoms with Crippen LogP contribution in [0.25, 0.3) is 11.4 Å². The van der Waals surface area contributed by atoms with Gasteiger partial charge in [0, 0.05) is 12.7 Å². The number of benzene rings is 1. The predicted molar refractivity (Wildman–Crippen MR) is 143 cm³/mol. The van der Waals surface area contributed by atoms with Crippen molar-refractivity contribution in [1.82, 2.24) is 19.2 Å². The zero-order valence-electron chi connectivity index (χ0n) is 22.9. The highest BCUT2D eigenvalue weighted by atomic mass is 16.5. The number of aliphatic hydroxyl groups is 1. The lowest BCUT2D eigenvalue weighted by atomic mass is 9.95. The number of amides is 1. The Kier molecular flexibility index (Phi) is 7.63. The lowest BCUT2D eigenvalue weighted by Crippen LogP contribution is -2.32. The summed E-state index contributed by atoms with van der Waals surface area (Å²) in [5, 5.41) is 11.7. The summed E-state index contributed by atoms with van der Waals surface area (Å²) in [6.07, 6.45) is 2.41. The molecule has 0 radical (unpaired) electrons. The van der Waals surface area contributed by atoms with E-state index in [1.54, 1.807) is 29.7 Å². The molecule has 1 aromatic carbocycles. The normalized spacial score (nSPS) is 17.1. The lowest BCUT2D eigenvalue weighted by molar-refractivity contribution is -0.139. The average Bonchev–Trinajstić information content (AvgIpc) is 3.36. The fourth-order valence-electron chi connectivity index (χ4n) is 5.00. The molecule has 1 atom stereocenters. The van der Waals surface area contributed by atoms with Gasteiger partial charge in [0.15, 0.2) is 17.3 Å². The van der Waals surface area contributed by atoms with Crippen molar-refractivity contribution in [3.8, 4) is 17.2 Å². The monoisotopic (exact) mass is 522 g/mol. The van der Waals surface area contributed by atoms with Crippen LogP contribution in [0.2, 0.25) is 0 Å². The van der Waals surface area contributed by atoms with Crippen molar-refractivity contribution < 1.29 is 28.9 Å². The van der Waals surface area contributed by atoms with Crippen LogP contribution in [0.4, 0.5) is 0 Å². The molecule has 10 heteroatoms. The van der Waals surface area contributed by atoms with Gasteiger partial charge in [-0.1, -0.05) is 6.07 Å². The van der Waals surface area contributed by atoms with Crippen LogP contribution in [-0.4, -0.2) is 84.5 Å². The van der Waals surface area contributed by atoms with E-state index >= 15 is 0 Å². The summed E-state index contributed by atoms with van der Waals surface area (Å²) in [7, 11) is 8.39. The molecule has 4 rings (SSSR count). The third-order valence-electron chi connectivity index (χ3n) is 6.79. The molecule has 1 amide bonds. The first-order valence-electron chi connectivity index (χ1n) is 12.3. The van der Waals surface area contributed by atoms with Crippen LogP contribution >= 0.6 is 0 Å². The first-order chi connectivity index (χ1) is 18.1. The van der Waals surface area contributed by atoms with Gasteiger partial charge in [0.2, 0.25) is 5.75 Å². The van der Waals surface area contributed by atoms with E-state index < -0.39 is 17.7 Å². The first-order valence-corrected chi connectivity index (χ1v) is 12.3. The Morgan fingerprint density at radius 1 is 1.08 bits per heavy atom. The highest BCUT2D eigenvalue weighted by Crippen LogP contribution is 2.46. The molecule has 0 aliphatic carbocycles. The summed E-state index contributed by atoms with van der Waals surface area (Å²) < 4.78 is 18.3. The number of ketones is 1. The van der Waals surface area contributed by atoms with Crippen LogP contribution in [0.3, 0.4) is 0 Å². The summed E-state index contributed by atoms with van der Waals surface area (Å²) in [5.41, 5.74) is 3.02. The van der Waals surface area contributed by atoms with E-state index in [0.717, 1.165) is 12.1 Å². The van der Waals surface area contributed by atoms with E-state index in [1.165, 1.54) is 26.2 Å². The Hall–Kier alpha value is -4.05. The molecule has 1 saturated heterocycles. The molecule has 3 heterocycles. The molecule has 1 aliphatic heterocycles. The van der Waals surface area contributed by atoms with E-state index in [9.17, 15) is 14.7 Å². The van der Waals surface area contributed by atoms with Gasteiger partial charge in [-0.15, -0.1) is 0 Å². The van der Waals surface area contributed by atoms with Crippen LogP contribution in [0, 0.1) is 13.8 Å². The third-order valence-corrected chi connectivity index (χ3v) is 6.79. The Balaban J connectivity index is 1.97. The number of Topliss-reactive ketones (excluding diaryl/α,β-unsaturated/α-hetero) is 1. The number of carbonyl (C=O) groups is 2. The molecule has 2 aromatic heterocycles. The Labute approximate surface area is 222 Å². The second kappa shape index (κ2) is 10.7. The molecule has 0 bridgehead atoms. The number of hydrogen-bond acceptors (Lipinski definition) is 8. The zero-order valence-corrected chi connectivity index (χ0v) is 22.9. The van der Waals surface area contributed by atoms with Crippen molar-refractivity contribution in [1.29, 1.82) is 0 Å². The SMILES string of the molecule is COc1cc([C@H]2C(=C(O)c3c(C)nc4c(C)cccn34)C(=O)C(=O)N2CCCN(C)C)cc(OC)c1OC. The minimum Gasteiger partial charge on any atom is -0.505 e. The van der Waals surface area contributed by atoms with Crippen molar-refractivity contribution in [3.05, 3.63) is 58.6 Å². The number of imidazole rings is 1. The van der Waals surface area contributed by atoms with Crippen molar-refractivity contribution in [2.24, 2.45) is 0 Å². The van der Waals surface area contributed by atoms with Gasteiger partial charge in [0.05, 0.1) is 38.6 Å². The number of pyridine rings is 1. The van der Waals surface area contributed by atoms with E-state index in [-0.39, 0.29) is 11.3 Å². The molecule has 1 N–H and O–H groups in total. The summed E-state index contributed by atoms with van der Waals surface area (Å²) in [5.74, 6) is -0.575. The number of fused-ring (bicyclic) bond motifs is 1. The first kappa shape index (κ1) is 27.0. The van der Waals surface area contributed by atoms with Crippen LogP contribution in [-0.2, 0) is 9.59 Å². The zero-order chi connectivity index (χ0) is 27.7. The summed E-state index contributed by atoms with van der Waals surface area (Å²) in [4.78, 5) is 35.1. The number of hydrogen-bond donors (Lipinski definition) is 1. The minimum absolute atomic E-state index is 0.0134. The maximum absolute atomic E-state index is 13.5. The second-order valence-corrected chi connectivity index (χ2v) is 9.54. The van der Waals surface area contributed by atoms with Gasteiger partial charge >= 0.3 is 0 Å². The van der Waals surface area contributed by atoms with Crippen LogP contribution in [0.1, 0.15) is 35.0 Å². The number of carbonyl (C=O) groups excluding carboxylic acids is 2. The van der Waals surface area contributed by atoms with Crippen molar-refractivity contribution >= 4 is 23.1 Å². The fraction of sp³-hybridized carbons (Fsp3) is 0.393. The van der Waals surface area contributed by atoms with Crippen molar-refractivity contribution in [2.45, 2.75) is 26.3 Å². The van der Waals surface area contributed by atoms with Crippen LogP contribution in [0.5, 0.6) is 17.2 Å². The van der Waals surface area contributed by atoms with Gasteiger partial charge in [-0.05, 0) is 70.2 Å². The van der Waals surface area contributed by atoms with Gasteiger partial charge in [-0.25, -0.2) is 4.98 Å². The molecule has 202 valence electrons. The Morgan fingerprint density at radius 2 is 1.74 bits per heavy atom. The van der Waals surface area contributed by atoms with Gasteiger partial charge < -0.3 is 29.1 Å². The molecule has 1 fully saturated rings. The number of ether oxygens (including phenoxy) is 3. The molecule has 0 spiro atoms. The number of nitrogens with zero attached hydrogens (tertiary/aromatic N) is 4. The number of methoxy groups -OCH3 is 3. The smallest absolute Gasteiger partial charge is 0.295 e. The summed E-state index contributed by atoms with van der Waals surface area (Å²) >= 11 is 0. The van der Waals surface area contributed by atoms with Gasteiger partial charge in [-0.3, -0.25) is 14.0 Å². The number of aryl methyl sites for hydroxylation is 2. The number of likely N-dealkylation sites (tertiary alicyclic amines) is 1. The van der Waals surface area contributed by atoms with Gasteiger partial charge in [0.1, 0.15) is 11.3 Å². The lowest BCUT2D eigenvalue weighted by Gasteiger charge is -2.27. The van der Waals surface area contributed by atoms with E-state index in [2.05, 4.69) is 4.98 Å². The van der Waals surface area contributed by atoms with Crippen LogP contribution in [0.15, 0.2) is 36.0 Å². The Morgan fingerprint density at radius 3 is 2.32 bits per heavy atom. The van der Waals surface area contributed by atoms with Crippen LogP contribution < -0.4 is 14.2 Å². The molecule has 10 nitrogen and oxygen atoms in total. The van der Waals surface area contributed by atoms with Gasteiger partial charge in [-0.2, -0.15) is 0 Å². The highest BCUT2D eigenvalue weighted by molar-refractivity contribution is 6.46. The van der Waals surface area contributed by atoms with E-state index in [1.807, 2.05) is 38.1 Å². The Bertz CT molecular complexity index is 1400. The van der Waals surface area contributed by atoms with E-state index in [0.29, 0.717) is 52.8 Å². The quantitative estimate of drug-likeness (QED) is 0.259. The number of aliphatic hydroxyl groups excluding tert-OH is 1. The second-order valence-electron chi connectivity index (χ2n) is 9.54. The molecule has 38 heavy (non-hydrogen) atoms. The van der Waals surface area contributed by atoms with Crippen molar-refractivity contribution in [3.63, 3.8) is 0 Å². The number of aromatic nitrogens is 2. The molecule has 1 aliphatic rings. The van der Waals surface area contributed by atoms with E-state index in [4.69, 9.17) is 14.2 Å². The maximum atomic E-state index is 13.5. The molecular weight excluding hydrogens is 488 g/mol. The summed E-state index contributed by atoms with van der Waals surface area (Å²) in [6.45, 7) is 4.72. The van der Waals surface area contributed by atoms with Crippen molar-refractivity contribution in [2.75, 3.05) is 48.5 Å². The minimum atomic E-state index is -0.874. The summed E-state index contributed by atoms with van der Waals surface area (Å²) in [6, 6.07) is 6.30.